The van der Waals surface area contributed by atoms with E-state index in [0.29, 0.717) is 13.0 Å². The highest BCUT2D eigenvalue weighted by atomic mass is 35.5. The van der Waals surface area contributed by atoms with Crippen molar-refractivity contribution in [1.82, 2.24) is 14.5 Å². The van der Waals surface area contributed by atoms with Crippen LogP contribution in [0.15, 0.2) is 12.3 Å². The zero-order valence-corrected chi connectivity index (χ0v) is 9.35. The number of rotatable bonds is 5. The summed E-state index contributed by atoms with van der Waals surface area (Å²) in [6, 6.07) is 1.84. The van der Waals surface area contributed by atoms with Crippen LogP contribution in [0, 0.1) is 0 Å². The molecule has 80 valence electrons. The fraction of sp³-hybridized carbons (Fsp3) is 0.571. The smallest absolute Gasteiger partial charge is 0.225 e. The molecule has 0 saturated heterocycles. The van der Waals surface area contributed by atoms with Gasteiger partial charge in [-0.15, -0.1) is 11.6 Å². The summed E-state index contributed by atoms with van der Waals surface area (Å²) >= 11 is 5.22. The van der Waals surface area contributed by atoms with E-state index in [4.69, 9.17) is 11.6 Å². The second-order valence-electron chi connectivity index (χ2n) is 2.81. The summed E-state index contributed by atoms with van der Waals surface area (Å²) in [5, 5.41) is 3.56. The lowest BCUT2D eigenvalue weighted by molar-refractivity contribution is 0.584. The standard InChI is InChI=1S/C7H12ClN3O2S/c1-11-7(2-4-9-11)3-5-10-14(12,13)6-8/h2,4,10H,3,5-6H2,1H3. The largest absolute Gasteiger partial charge is 0.273 e. The Bertz CT molecular complexity index is 387. The van der Waals surface area contributed by atoms with Crippen LogP contribution in [0.5, 0.6) is 0 Å². The summed E-state index contributed by atoms with van der Waals surface area (Å²) in [7, 11) is -1.49. The molecule has 0 amide bonds. The number of hydrogen-bond donors (Lipinski definition) is 1. The quantitative estimate of drug-likeness (QED) is 0.738. The van der Waals surface area contributed by atoms with Gasteiger partial charge in [-0.3, -0.25) is 4.68 Å². The van der Waals surface area contributed by atoms with E-state index in [-0.39, 0.29) is 0 Å². The molecule has 0 aliphatic carbocycles. The minimum absolute atomic E-state index is 0.342. The minimum Gasteiger partial charge on any atom is -0.273 e. The van der Waals surface area contributed by atoms with E-state index in [1.165, 1.54) is 0 Å². The Morgan fingerprint density at radius 1 is 1.64 bits per heavy atom. The molecule has 14 heavy (non-hydrogen) atoms. The van der Waals surface area contributed by atoms with Gasteiger partial charge in [0.25, 0.3) is 0 Å². The van der Waals surface area contributed by atoms with Crippen LogP contribution in [0.3, 0.4) is 0 Å². The molecule has 0 aliphatic rings. The Hall–Kier alpha value is -0.590. The van der Waals surface area contributed by atoms with Crippen molar-refractivity contribution in [3.8, 4) is 0 Å². The normalized spacial score (nSPS) is 11.9. The molecule has 0 aromatic carbocycles. The Morgan fingerprint density at radius 2 is 2.36 bits per heavy atom. The average Bonchev–Trinajstić information content (AvgIpc) is 2.52. The Balaban J connectivity index is 2.40. The molecule has 0 radical (unpaired) electrons. The van der Waals surface area contributed by atoms with Crippen molar-refractivity contribution < 1.29 is 8.42 Å². The lowest BCUT2D eigenvalue weighted by Gasteiger charge is -2.03. The molecular weight excluding hydrogens is 226 g/mol. The number of hydrogen-bond acceptors (Lipinski definition) is 3. The van der Waals surface area contributed by atoms with Gasteiger partial charge in [-0.2, -0.15) is 5.10 Å². The van der Waals surface area contributed by atoms with Gasteiger partial charge in [0.15, 0.2) is 0 Å². The van der Waals surface area contributed by atoms with Gasteiger partial charge in [0.05, 0.1) is 0 Å². The molecule has 0 unspecified atom stereocenters. The van der Waals surface area contributed by atoms with Crippen molar-refractivity contribution >= 4 is 21.6 Å². The molecule has 7 heteroatoms. The first kappa shape index (κ1) is 11.5. The number of nitrogens with one attached hydrogen (secondary N) is 1. The van der Waals surface area contributed by atoms with E-state index >= 15 is 0 Å². The van der Waals surface area contributed by atoms with Crippen LogP contribution >= 0.6 is 11.6 Å². The molecule has 0 spiro atoms. The van der Waals surface area contributed by atoms with Gasteiger partial charge in [0.1, 0.15) is 5.21 Å². The summed E-state index contributed by atoms with van der Waals surface area (Å²) in [5.74, 6) is 0. The number of aryl methyl sites for hydroxylation is 1. The average molecular weight is 238 g/mol. The minimum atomic E-state index is -3.30. The number of nitrogens with zero attached hydrogens (tertiary/aromatic N) is 2. The van der Waals surface area contributed by atoms with Gasteiger partial charge in [0.2, 0.25) is 10.0 Å². The first-order valence-electron chi connectivity index (χ1n) is 4.05. The third-order valence-corrected chi connectivity index (χ3v) is 3.56. The summed E-state index contributed by atoms with van der Waals surface area (Å²) in [4.78, 5) is 0. The van der Waals surface area contributed by atoms with Crippen LogP contribution in [0.1, 0.15) is 5.69 Å². The van der Waals surface area contributed by atoms with Crippen molar-refractivity contribution in [2.45, 2.75) is 6.42 Å². The van der Waals surface area contributed by atoms with Crippen molar-refractivity contribution in [2.75, 3.05) is 11.8 Å². The van der Waals surface area contributed by atoms with Crippen molar-refractivity contribution in [3.63, 3.8) is 0 Å². The summed E-state index contributed by atoms with van der Waals surface area (Å²) in [6.45, 7) is 0.342. The second-order valence-corrected chi connectivity index (χ2v) is 5.21. The van der Waals surface area contributed by atoms with E-state index in [0.717, 1.165) is 5.69 Å². The van der Waals surface area contributed by atoms with Gasteiger partial charge >= 0.3 is 0 Å². The molecule has 1 aromatic rings. The maximum atomic E-state index is 10.9. The second kappa shape index (κ2) is 4.77. The fourth-order valence-electron chi connectivity index (χ4n) is 1.02. The number of aromatic nitrogens is 2. The zero-order valence-electron chi connectivity index (χ0n) is 7.77. The molecule has 1 heterocycles. The monoisotopic (exact) mass is 237 g/mol. The third-order valence-electron chi connectivity index (χ3n) is 1.77. The SMILES string of the molecule is Cn1nccc1CCNS(=O)(=O)CCl. The Labute approximate surface area is 88.1 Å². The molecule has 1 rings (SSSR count). The van der Waals surface area contributed by atoms with Crippen molar-refractivity contribution in [1.29, 1.82) is 0 Å². The van der Waals surface area contributed by atoms with E-state index in [9.17, 15) is 8.42 Å². The maximum absolute atomic E-state index is 10.9. The first-order valence-corrected chi connectivity index (χ1v) is 6.24. The number of alkyl halides is 1. The van der Waals surface area contributed by atoms with Crippen molar-refractivity contribution in [2.24, 2.45) is 7.05 Å². The number of sulfonamides is 1. The summed E-state index contributed by atoms with van der Waals surface area (Å²) in [6.07, 6.45) is 2.28. The highest BCUT2D eigenvalue weighted by Crippen LogP contribution is 1.97. The predicted octanol–water partition coefficient (Wildman–Crippen LogP) is 0.0783. The van der Waals surface area contributed by atoms with Gasteiger partial charge in [0, 0.05) is 31.9 Å². The van der Waals surface area contributed by atoms with E-state index in [1.54, 1.807) is 10.9 Å². The van der Waals surface area contributed by atoms with Crippen molar-refractivity contribution in [3.05, 3.63) is 18.0 Å². The molecule has 0 saturated carbocycles. The third kappa shape index (κ3) is 3.28. The first-order chi connectivity index (χ1) is 6.55. The van der Waals surface area contributed by atoms with Crippen LogP contribution in [-0.2, 0) is 23.5 Å². The van der Waals surface area contributed by atoms with Crippen LogP contribution in [0.4, 0.5) is 0 Å². The van der Waals surface area contributed by atoms with E-state index in [2.05, 4.69) is 9.82 Å². The molecule has 1 N–H and O–H groups in total. The van der Waals surface area contributed by atoms with Gasteiger partial charge in [-0.25, -0.2) is 13.1 Å². The van der Waals surface area contributed by atoms with E-state index < -0.39 is 15.2 Å². The van der Waals surface area contributed by atoms with Crippen LogP contribution < -0.4 is 4.72 Å². The van der Waals surface area contributed by atoms with Gasteiger partial charge in [-0.1, -0.05) is 0 Å². The molecule has 0 fully saturated rings. The zero-order chi connectivity index (χ0) is 10.6. The lowest BCUT2D eigenvalue weighted by Crippen LogP contribution is -2.27. The number of halogens is 1. The predicted molar refractivity (Wildman–Crippen MR) is 54.6 cm³/mol. The lowest BCUT2D eigenvalue weighted by atomic mass is 10.3. The molecule has 0 atom stereocenters. The Morgan fingerprint density at radius 3 is 2.86 bits per heavy atom. The van der Waals surface area contributed by atoms with Crippen LogP contribution in [0.2, 0.25) is 0 Å². The summed E-state index contributed by atoms with van der Waals surface area (Å²) < 4.78 is 26.0. The molecule has 0 bridgehead atoms. The highest BCUT2D eigenvalue weighted by Gasteiger charge is 2.07. The van der Waals surface area contributed by atoms with E-state index in [1.807, 2.05) is 13.1 Å². The topological polar surface area (TPSA) is 64.0 Å². The maximum Gasteiger partial charge on any atom is 0.225 e. The highest BCUT2D eigenvalue weighted by molar-refractivity contribution is 7.90. The van der Waals surface area contributed by atoms with Gasteiger partial charge < -0.3 is 0 Å². The molecule has 0 aliphatic heterocycles. The van der Waals surface area contributed by atoms with Crippen LogP contribution in [-0.4, -0.2) is 30.0 Å². The molecular formula is C7H12ClN3O2S. The Kier molecular flexibility index (Phi) is 3.91. The molecule has 1 aromatic heterocycles. The van der Waals surface area contributed by atoms with Gasteiger partial charge in [-0.05, 0) is 6.07 Å². The molecule has 5 nitrogen and oxygen atoms in total. The fourth-order valence-corrected chi connectivity index (χ4v) is 1.74. The van der Waals surface area contributed by atoms with Crippen LogP contribution in [0.25, 0.3) is 0 Å². The summed E-state index contributed by atoms with van der Waals surface area (Å²) in [5.41, 5.74) is 0.974.